The van der Waals surface area contributed by atoms with Crippen LogP contribution in [0, 0.1) is 27.3 Å². The van der Waals surface area contributed by atoms with E-state index in [1.165, 1.54) is 0 Å². The zero-order chi connectivity index (χ0) is 26.2. The highest BCUT2D eigenvalue weighted by atomic mass is 127. The molecule has 1 aliphatic rings. The summed E-state index contributed by atoms with van der Waals surface area (Å²) < 4.78 is 8.59. The number of aromatic nitrogens is 4. The predicted molar refractivity (Wildman–Crippen MR) is 152 cm³/mol. The number of anilines is 1. The summed E-state index contributed by atoms with van der Waals surface area (Å²) in [6.07, 6.45) is 2.57. The van der Waals surface area contributed by atoms with E-state index in [-0.39, 0.29) is 6.61 Å². The van der Waals surface area contributed by atoms with Gasteiger partial charge in [0.1, 0.15) is 12.2 Å². The van der Waals surface area contributed by atoms with Gasteiger partial charge in [-0.15, -0.1) is 0 Å². The Bertz CT molecular complexity index is 1350. The maximum Gasteiger partial charge on any atom is 0.208 e. The monoisotopic (exact) mass is 613 g/mol. The molecule has 0 bridgehead atoms. The number of halogens is 1. The van der Waals surface area contributed by atoms with Crippen molar-refractivity contribution in [3.8, 4) is 23.7 Å². The van der Waals surface area contributed by atoms with Crippen LogP contribution in [0.5, 0.6) is 0 Å². The molecule has 1 aromatic carbocycles. The lowest BCUT2D eigenvalue weighted by molar-refractivity contribution is -0.0167. The molecule has 0 unspecified atom stereocenters. The van der Waals surface area contributed by atoms with Gasteiger partial charge in [-0.3, -0.25) is 4.57 Å². The number of imidazole rings is 1. The Morgan fingerprint density at radius 1 is 1.08 bits per heavy atom. The summed E-state index contributed by atoms with van der Waals surface area (Å²) in [7, 11) is 0. The first-order valence-electron chi connectivity index (χ1n) is 12.8. The molecule has 3 heterocycles. The fourth-order valence-corrected chi connectivity index (χ4v) is 4.55. The Morgan fingerprint density at radius 3 is 2.51 bits per heavy atom. The Labute approximate surface area is 231 Å². The SMILES string of the molecule is CCCCC#Cc1nc(NCc2cccc(I)c2)c2nc(C#CCCCC)n([C@@H]3OC[C@@H](O)[C@H]3O)c2n1. The van der Waals surface area contributed by atoms with Crippen LogP contribution in [0.3, 0.4) is 0 Å². The molecule has 37 heavy (non-hydrogen) atoms. The smallest absolute Gasteiger partial charge is 0.208 e. The second-order valence-electron chi connectivity index (χ2n) is 8.95. The molecule has 2 aromatic heterocycles. The molecule has 0 spiro atoms. The van der Waals surface area contributed by atoms with Crippen molar-refractivity contribution in [2.45, 2.75) is 77.4 Å². The van der Waals surface area contributed by atoms with Crippen LogP contribution < -0.4 is 5.32 Å². The first-order valence-corrected chi connectivity index (χ1v) is 13.8. The molecule has 3 N–H and O–H groups in total. The first-order chi connectivity index (χ1) is 18.0. The number of unbranched alkanes of at least 4 members (excludes halogenated alkanes) is 4. The molecule has 8 nitrogen and oxygen atoms in total. The van der Waals surface area contributed by atoms with Crippen molar-refractivity contribution in [2.75, 3.05) is 11.9 Å². The van der Waals surface area contributed by atoms with E-state index in [0.717, 1.165) is 47.7 Å². The molecule has 1 aliphatic heterocycles. The number of ether oxygens (including phenoxy) is 1. The van der Waals surface area contributed by atoms with Crippen LogP contribution in [-0.2, 0) is 11.3 Å². The van der Waals surface area contributed by atoms with Gasteiger partial charge in [-0.2, -0.15) is 0 Å². The quantitative estimate of drug-likeness (QED) is 0.197. The average molecular weight is 614 g/mol. The van der Waals surface area contributed by atoms with E-state index in [0.29, 0.717) is 35.2 Å². The fourth-order valence-electron chi connectivity index (χ4n) is 3.94. The van der Waals surface area contributed by atoms with Crippen molar-refractivity contribution in [2.24, 2.45) is 0 Å². The minimum absolute atomic E-state index is 0.0146. The van der Waals surface area contributed by atoms with Crippen molar-refractivity contribution >= 4 is 39.6 Å². The van der Waals surface area contributed by atoms with Crippen LogP contribution in [0.1, 0.15) is 75.8 Å². The lowest BCUT2D eigenvalue weighted by atomic mass is 10.2. The van der Waals surface area contributed by atoms with Gasteiger partial charge in [0.15, 0.2) is 29.0 Å². The van der Waals surface area contributed by atoms with Crippen molar-refractivity contribution in [3.63, 3.8) is 0 Å². The van der Waals surface area contributed by atoms with Crippen LogP contribution in [0.25, 0.3) is 11.2 Å². The van der Waals surface area contributed by atoms with Gasteiger partial charge in [0.2, 0.25) is 5.82 Å². The number of hydrogen-bond acceptors (Lipinski definition) is 7. The second kappa shape index (κ2) is 13.2. The fraction of sp³-hybridized carbons (Fsp3) is 0.464. The summed E-state index contributed by atoms with van der Waals surface area (Å²) in [6.45, 7) is 4.80. The molecule has 0 amide bonds. The Morgan fingerprint density at radius 2 is 1.84 bits per heavy atom. The predicted octanol–water partition coefficient (Wildman–Crippen LogP) is 4.38. The maximum atomic E-state index is 10.7. The molecule has 3 aromatic rings. The maximum absolute atomic E-state index is 10.7. The summed E-state index contributed by atoms with van der Waals surface area (Å²) >= 11 is 2.29. The van der Waals surface area contributed by atoms with Gasteiger partial charge in [-0.1, -0.05) is 50.7 Å². The highest BCUT2D eigenvalue weighted by Crippen LogP contribution is 2.31. The topological polar surface area (TPSA) is 105 Å². The molecule has 194 valence electrons. The third-order valence-corrected chi connectivity index (χ3v) is 6.65. The van der Waals surface area contributed by atoms with Gasteiger partial charge in [-0.05, 0) is 65.0 Å². The van der Waals surface area contributed by atoms with Gasteiger partial charge in [0, 0.05) is 23.0 Å². The van der Waals surface area contributed by atoms with E-state index in [1.54, 1.807) is 4.57 Å². The van der Waals surface area contributed by atoms with Gasteiger partial charge < -0.3 is 20.3 Å². The van der Waals surface area contributed by atoms with Crippen LogP contribution in [0.4, 0.5) is 5.82 Å². The molecular formula is C28H32IN5O3. The van der Waals surface area contributed by atoms with Crippen molar-refractivity contribution in [3.05, 3.63) is 45.0 Å². The normalized spacial score (nSPS) is 18.8. The van der Waals surface area contributed by atoms with Gasteiger partial charge in [0.05, 0.1) is 6.61 Å². The highest BCUT2D eigenvalue weighted by molar-refractivity contribution is 14.1. The van der Waals surface area contributed by atoms with Crippen molar-refractivity contribution in [1.82, 2.24) is 19.5 Å². The van der Waals surface area contributed by atoms with Gasteiger partial charge in [-0.25, -0.2) is 15.0 Å². The molecule has 3 atom stereocenters. The third kappa shape index (κ3) is 6.79. The van der Waals surface area contributed by atoms with Crippen LogP contribution in [-0.4, -0.2) is 48.5 Å². The molecule has 1 fully saturated rings. The number of aliphatic hydroxyl groups is 2. The Hall–Kier alpha value is -2.70. The lowest BCUT2D eigenvalue weighted by Crippen LogP contribution is -2.29. The van der Waals surface area contributed by atoms with Crippen LogP contribution in [0.15, 0.2) is 24.3 Å². The molecular weight excluding hydrogens is 581 g/mol. The minimum Gasteiger partial charge on any atom is -0.388 e. The number of aliphatic hydroxyl groups excluding tert-OH is 2. The van der Waals surface area contributed by atoms with Crippen LogP contribution in [0.2, 0.25) is 0 Å². The van der Waals surface area contributed by atoms with Crippen molar-refractivity contribution < 1.29 is 14.9 Å². The summed E-state index contributed by atoms with van der Waals surface area (Å²) in [5.74, 6) is 13.8. The number of rotatable bonds is 8. The zero-order valence-corrected chi connectivity index (χ0v) is 23.3. The largest absolute Gasteiger partial charge is 0.388 e. The summed E-state index contributed by atoms with van der Waals surface area (Å²) in [5.41, 5.74) is 2.07. The van der Waals surface area contributed by atoms with E-state index >= 15 is 0 Å². The minimum atomic E-state index is -1.13. The summed E-state index contributed by atoms with van der Waals surface area (Å²) in [6, 6.07) is 8.21. The van der Waals surface area contributed by atoms with Crippen LogP contribution >= 0.6 is 22.6 Å². The average Bonchev–Trinajstić information content (AvgIpc) is 3.42. The van der Waals surface area contributed by atoms with Gasteiger partial charge in [0.25, 0.3) is 0 Å². The standard InChI is InChI=1S/C28H32IN5O3/c1-3-5-7-9-14-22-31-26(30-17-19-12-11-13-20(29)16-19)24-27(32-22)34(28-25(36)21(35)18-37-28)23(33-24)15-10-8-6-4-2/h11-13,16,21,25,28,35-36H,3-8,17-18H2,1-2H3,(H,30,31,32)/t21-,25-,28-/m1/s1. The molecule has 0 saturated carbocycles. The molecule has 9 heteroatoms. The molecule has 1 saturated heterocycles. The summed E-state index contributed by atoms with van der Waals surface area (Å²) in [4.78, 5) is 14.2. The van der Waals surface area contributed by atoms with E-state index in [4.69, 9.17) is 14.7 Å². The molecule has 0 aliphatic carbocycles. The third-order valence-electron chi connectivity index (χ3n) is 5.98. The lowest BCUT2D eigenvalue weighted by Gasteiger charge is -2.18. The Kier molecular flexibility index (Phi) is 9.75. The second-order valence-corrected chi connectivity index (χ2v) is 10.2. The number of hydrogen-bond donors (Lipinski definition) is 3. The Balaban J connectivity index is 1.82. The van der Waals surface area contributed by atoms with Gasteiger partial charge >= 0.3 is 0 Å². The number of nitrogens with one attached hydrogen (secondary N) is 1. The highest BCUT2D eigenvalue weighted by Gasteiger charge is 2.38. The molecule has 0 radical (unpaired) electrons. The van der Waals surface area contributed by atoms with E-state index < -0.39 is 18.4 Å². The zero-order valence-electron chi connectivity index (χ0n) is 21.2. The number of nitrogens with zero attached hydrogens (tertiary/aromatic N) is 4. The van der Waals surface area contributed by atoms with E-state index in [1.807, 2.05) is 18.2 Å². The number of fused-ring (bicyclic) bond motifs is 1. The summed E-state index contributed by atoms with van der Waals surface area (Å²) in [5, 5.41) is 24.3. The van der Waals surface area contributed by atoms with E-state index in [9.17, 15) is 10.2 Å². The molecule has 4 rings (SSSR count). The first kappa shape index (κ1) is 27.3. The van der Waals surface area contributed by atoms with E-state index in [2.05, 4.69) is 76.5 Å². The van der Waals surface area contributed by atoms with Crippen molar-refractivity contribution in [1.29, 1.82) is 0 Å². The number of benzene rings is 1.